The number of hydrogen-bond acceptors (Lipinski definition) is 4. The molecule has 0 radical (unpaired) electrons. The summed E-state index contributed by atoms with van der Waals surface area (Å²) in [5.41, 5.74) is 2.58. The smallest absolute Gasteiger partial charge is 0.246 e. The third-order valence-electron chi connectivity index (χ3n) is 3.48. The summed E-state index contributed by atoms with van der Waals surface area (Å²) in [6.45, 7) is 2.77. The zero-order valence-electron chi connectivity index (χ0n) is 11.7. The maximum atomic E-state index is 13.3. The molecule has 0 atom stereocenters. The van der Waals surface area contributed by atoms with Crippen LogP contribution in [0, 0.1) is 12.7 Å². The van der Waals surface area contributed by atoms with Gasteiger partial charge < -0.3 is 9.42 Å². The average Bonchev–Trinajstić information content (AvgIpc) is 2.83. The molecule has 0 saturated heterocycles. The van der Waals surface area contributed by atoms with E-state index in [2.05, 4.69) is 10.5 Å². The highest BCUT2D eigenvalue weighted by Crippen LogP contribution is 2.27. The molecule has 1 aliphatic heterocycles. The molecule has 0 unspecified atom stereocenters. The van der Waals surface area contributed by atoms with Crippen LogP contribution in [-0.4, -0.2) is 24.2 Å². The molecule has 0 fully saturated rings. The molecule has 2 heterocycles. The monoisotopic (exact) mass is 289 g/mol. The summed E-state index contributed by atoms with van der Waals surface area (Å²) in [7, 11) is 0. The SMILES string of the molecule is Cc1cc(NC(=O)CN2CCCc3cc(F)ccc32)on1. The van der Waals surface area contributed by atoms with Gasteiger partial charge in [0.15, 0.2) is 0 Å². The maximum absolute atomic E-state index is 13.3. The van der Waals surface area contributed by atoms with E-state index >= 15 is 0 Å². The number of amides is 1. The fourth-order valence-corrected chi connectivity index (χ4v) is 2.58. The first-order valence-corrected chi connectivity index (χ1v) is 6.88. The third-order valence-corrected chi connectivity index (χ3v) is 3.48. The number of anilines is 2. The average molecular weight is 289 g/mol. The summed E-state index contributed by atoms with van der Waals surface area (Å²) in [6.07, 6.45) is 1.75. The van der Waals surface area contributed by atoms with Gasteiger partial charge in [-0.25, -0.2) is 4.39 Å². The van der Waals surface area contributed by atoms with Crippen molar-refractivity contribution in [1.29, 1.82) is 0 Å². The van der Waals surface area contributed by atoms with Crippen molar-refractivity contribution in [2.24, 2.45) is 0 Å². The third kappa shape index (κ3) is 3.04. The van der Waals surface area contributed by atoms with Crippen LogP contribution in [0.15, 0.2) is 28.8 Å². The molecular formula is C15H16FN3O2. The maximum Gasteiger partial charge on any atom is 0.246 e. The van der Waals surface area contributed by atoms with Gasteiger partial charge in [-0.3, -0.25) is 10.1 Å². The molecule has 5 nitrogen and oxygen atoms in total. The highest BCUT2D eigenvalue weighted by Gasteiger charge is 2.20. The lowest BCUT2D eigenvalue weighted by Gasteiger charge is -2.30. The minimum absolute atomic E-state index is 0.177. The summed E-state index contributed by atoms with van der Waals surface area (Å²) in [5.74, 6) is -0.0747. The summed E-state index contributed by atoms with van der Waals surface area (Å²) < 4.78 is 18.2. The lowest BCUT2D eigenvalue weighted by atomic mass is 10.0. The number of halogens is 1. The zero-order chi connectivity index (χ0) is 14.8. The van der Waals surface area contributed by atoms with Crippen molar-refractivity contribution in [1.82, 2.24) is 5.16 Å². The molecule has 1 aromatic heterocycles. The molecule has 0 spiro atoms. The first kappa shape index (κ1) is 13.6. The van der Waals surface area contributed by atoms with Crippen molar-refractivity contribution in [3.05, 3.63) is 41.3 Å². The minimum Gasteiger partial charge on any atom is -0.362 e. The van der Waals surface area contributed by atoms with Gasteiger partial charge in [-0.05, 0) is 43.5 Å². The Balaban J connectivity index is 1.70. The minimum atomic E-state index is -0.239. The lowest BCUT2D eigenvalue weighted by molar-refractivity contribution is -0.115. The molecule has 0 saturated carbocycles. The van der Waals surface area contributed by atoms with Crippen molar-refractivity contribution >= 4 is 17.5 Å². The predicted molar refractivity (Wildman–Crippen MR) is 76.8 cm³/mol. The molecule has 2 aromatic rings. The van der Waals surface area contributed by atoms with E-state index in [0.29, 0.717) is 11.6 Å². The second kappa shape index (κ2) is 5.55. The second-order valence-electron chi connectivity index (χ2n) is 5.18. The van der Waals surface area contributed by atoms with Crippen LogP contribution in [0.3, 0.4) is 0 Å². The number of rotatable bonds is 3. The van der Waals surface area contributed by atoms with Crippen LogP contribution in [0.25, 0.3) is 0 Å². The van der Waals surface area contributed by atoms with Gasteiger partial charge in [0, 0.05) is 18.3 Å². The lowest BCUT2D eigenvalue weighted by Crippen LogP contribution is -2.36. The van der Waals surface area contributed by atoms with Crippen molar-refractivity contribution in [2.45, 2.75) is 19.8 Å². The molecule has 110 valence electrons. The number of fused-ring (bicyclic) bond motifs is 1. The molecule has 6 heteroatoms. The Bertz CT molecular complexity index is 669. The molecule has 0 bridgehead atoms. The highest BCUT2D eigenvalue weighted by molar-refractivity contribution is 5.93. The van der Waals surface area contributed by atoms with E-state index in [1.165, 1.54) is 6.07 Å². The van der Waals surface area contributed by atoms with Crippen LogP contribution in [-0.2, 0) is 11.2 Å². The first-order chi connectivity index (χ1) is 10.1. The predicted octanol–water partition coefficient (Wildman–Crippen LogP) is 2.51. The molecule has 3 rings (SSSR count). The van der Waals surface area contributed by atoms with Crippen molar-refractivity contribution in [2.75, 3.05) is 23.3 Å². The molecule has 1 amide bonds. The van der Waals surface area contributed by atoms with Crippen molar-refractivity contribution in [3.63, 3.8) is 0 Å². The summed E-state index contributed by atoms with van der Waals surface area (Å²) in [4.78, 5) is 14.0. The van der Waals surface area contributed by atoms with E-state index < -0.39 is 0 Å². The van der Waals surface area contributed by atoms with Gasteiger partial charge in [0.05, 0.1) is 12.2 Å². The Morgan fingerprint density at radius 3 is 3.10 bits per heavy atom. The van der Waals surface area contributed by atoms with Crippen LogP contribution in [0.4, 0.5) is 16.0 Å². The topological polar surface area (TPSA) is 58.4 Å². The molecule has 0 aliphatic carbocycles. The standard InChI is InChI=1S/C15H16FN3O2/c1-10-7-15(21-18-10)17-14(20)9-19-6-2-3-11-8-12(16)4-5-13(11)19/h4-5,7-8H,2-3,6,9H2,1H3,(H,17,20). The molecule has 1 N–H and O–H groups in total. The Morgan fingerprint density at radius 2 is 2.33 bits per heavy atom. The Kier molecular flexibility index (Phi) is 3.60. The Hall–Kier alpha value is -2.37. The van der Waals surface area contributed by atoms with E-state index in [9.17, 15) is 9.18 Å². The Labute approximate surface area is 121 Å². The fourth-order valence-electron chi connectivity index (χ4n) is 2.58. The summed E-state index contributed by atoms with van der Waals surface area (Å²) in [6, 6.07) is 6.36. The number of aryl methyl sites for hydroxylation is 2. The largest absolute Gasteiger partial charge is 0.362 e. The fraction of sp³-hybridized carbons (Fsp3) is 0.333. The van der Waals surface area contributed by atoms with Crippen LogP contribution in [0.1, 0.15) is 17.7 Å². The molecule has 1 aliphatic rings. The van der Waals surface area contributed by atoms with Gasteiger partial charge in [-0.1, -0.05) is 5.16 Å². The number of carbonyl (C=O) groups excluding carboxylic acids is 1. The number of nitrogens with one attached hydrogen (secondary N) is 1. The van der Waals surface area contributed by atoms with Crippen molar-refractivity contribution in [3.8, 4) is 0 Å². The quantitative estimate of drug-likeness (QED) is 0.943. The molecular weight excluding hydrogens is 273 g/mol. The number of carbonyl (C=O) groups is 1. The van der Waals surface area contributed by atoms with Gasteiger partial charge in [0.25, 0.3) is 0 Å². The molecule has 21 heavy (non-hydrogen) atoms. The van der Waals surface area contributed by atoms with Gasteiger partial charge in [0.1, 0.15) is 5.82 Å². The normalized spacial score (nSPS) is 13.9. The first-order valence-electron chi connectivity index (χ1n) is 6.88. The Morgan fingerprint density at radius 1 is 1.48 bits per heavy atom. The van der Waals surface area contributed by atoms with E-state index in [0.717, 1.165) is 30.6 Å². The van der Waals surface area contributed by atoms with Gasteiger partial charge in [0.2, 0.25) is 11.8 Å². The van der Waals surface area contributed by atoms with E-state index in [1.54, 1.807) is 25.1 Å². The van der Waals surface area contributed by atoms with Gasteiger partial charge in [-0.15, -0.1) is 0 Å². The zero-order valence-corrected chi connectivity index (χ0v) is 11.7. The van der Waals surface area contributed by atoms with E-state index in [4.69, 9.17) is 4.52 Å². The summed E-state index contributed by atoms with van der Waals surface area (Å²) >= 11 is 0. The second-order valence-corrected chi connectivity index (χ2v) is 5.18. The van der Waals surface area contributed by atoms with Crippen LogP contribution in [0.5, 0.6) is 0 Å². The van der Waals surface area contributed by atoms with E-state index in [1.807, 2.05) is 4.90 Å². The van der Waals surface area contributed by atoms with Crippen LogP contribution < -0.4 is 10.2 Å². The number of hydrogen-bond donors (Lipinski definition) is 1. The van der Waals surface area contributed by atoms with E-state index in [-0.39, 0.29) is 18.3 Å². The van der Waals surface area contributed by atoms with Gasteiger partial charge in [-0.2, -0.15) is 0 Å². The number of aromatic nitrogens is 1. The number of nitrogens with zero attached hydrogens (tertiary/aromatic N) is 2. The molecule has 1 aromatic carbocycles. The summed E-state index contributed by atoms with van der Waals surface area (Å²) in [5, 5.41) is 6.39. The van der Waals surface area contributed by atoms with Gasteiger partial charge >= 0.3 is 0 Å². The van der Waals surface area contributed by atoms with Crippen LogP contribution >= 0.6 is 0 Å². The van der Waals surface area contributed by atoms with Crippen molar-refractivity contribution < 1.29 is 13.7 Å². The number of benzene rings is 1. The van der Waals surface area contributed by atoms with Crippen LogP contribution in [0.2, 0.25) is 0 Å². The highest BCUT2D eigenvalue weighted by atomic mass is 19.1.